The summed E-state index contributed by atoms with van der Waals surface area (Å²) in [6.45, 7) is 4.08. The molecule has 3 aromatic carbocycles. The number of benzene rings is 3. The summed E-state index contributed by atoms with van der Waals surface area (Å²) in [6.07, 6.45) is 1.45. The van der Waals surface area contributed by atoms with E-state index in [1.54, 1.807) is 24.3 Å². The molecule has 0 unspecified atom stereocenters. The Labute approximate surface area is 216 Å². The van der Waals surface area contributed by atoms with E-state index >= 15 is 0 Å². The summed E-state index contributed by atoms with van der Waals surface area (Å²) in [4.78, 5) is 39.5. The lowest BCUT2D eigenvalue weighted by molar-refractivity contribution is -0.122. The van der Waals surface area contributed by atoms with Crippen LogP contribution in [0.2, 0.25) is 0 Å². The number of barbiturate groups is 1. The van der Waals surface area contributed by atoms with Gasteiger partial charge in [0, 0.05) is 0 Å². The highest BCUT2D eigenvalue weighted by Crippen LogP contribution is 2.36. The highest BCUT2D eigenvalue weighted by molar-refractivity contribution is 14.1. The first-order chi connectivity index (χ1) is 16.8. The van der Waals surface area contributed by atoms with E-state index in [2.05, 4.69) is 27.9 Å². The summed E-state index contributed by atoms with van der Waals surface area (Å²) in [5, 5.41) is 2.27. The van der Waals surface area contributed by atoms with Crippen LogP contribution in [0.5, 0.6) is 11.5 Å². The predicted octanol–water partition coefficient (Wildman–Crippen LogP) is 5.16. The van der Waals surface area contributed by atoms with Gasteiger partial charge >= 0.3 is 6.03 Å². The van der Waals surface area contributed by atoms with Crippen LogP contribution in [0.15, 0.2) is 66.2 Å². The Hall–Kier alpha value is -3.66. The fourth-order valence-electron chi connectivity index (χ4n) is 3.71. The number of nitrogens with one attached hydrogen (secondary N) is 1. The lowest BCUT2D eigenvalue weighted by Crippen LogP contribution is -2.54. The van der Waals surface area contributed by atoms with Gasteiger partial charge in [-0.1, -0.05) is 42.5 Å². The molecule has 8 heteroatoms. The highest BCUT2D eigenvalue weighted by Gasteiger charge is 2.37. The van der Waals surface area contributed by atoms with Crippen LogP contribution in [-0.4, -0.2) is 25.0 Å². The number of carbonyl (C=O) groups excluding carboxylic acids is 3. The number of hydrogen-bond acceptors (Lipinski definition) is 5. The molecule has 4 amide bonds. The Bertz CT molecular complexity index is 1350. The molecule has 35 heavy (non-hydrogen) atoms. The average molecular weight is 582 g/mol. The fourth-order valence-corrected chi connectivity index (χ4v) is 4.49. The van der Waals surface area contributed by atoms with E-state index in [-0.39, 0.29) is 5.57 Å². The number of hydrogen-bond donors (Lipinski definition) is 1. The van der Waals surface area contributed by atoms with Gasteiger partial charge in [0.15, 0.2) is 11.5 Å². The number of carbonyl (C=O) groups is 3. The summed E-state index contributed by atoms with van der Waals surface area (Å²) in [6, 6.07) is 17.8. The lowest BCUT2D eigenvalue weighted by Gasteiger charge is -2.28. The maximum Gasteiger partial charge on any atom is 0.335 e. The standard InChI is InChI=1S/C27H23IN2O5/c1-16-8-7-11-22(17(16)2)30-26(32)20(25(31)29-27(30)33)12-19-13-21(28)24(23(14-19)34-3)35-15-18-9-5-4-6-10-18/h4-14H,15H2,1-3H3,(H,29,31,33)/b20-12+. The van der Waals surface area contributed by atoms with Gasteiger partial charge in [0.05, 0.1) is 16.4 Å². The van der Waals surface area contributed by atoms with Crippen molar-refractivity contribution in [2.45, 2.75) is 20.5 Å². The third-order valence-corrected chi connectivity index (χ3v) is 6.51. The number of amides is 4. The molecular weight excluding hydrogens is 559 g/mol. The highest BCUT2D eigenvalue weighted by atomic mass is 127. The van der Waals surface area contributed by atoms with Gasteiger partial charge in [-0.05, 0) is 83.0 Å². The fraction of sp³-hybridized carbons (Fsp3) is 0.148. The molecule has 1 aliphatic rings. The minimum atomic E-state index is -0.775. The van der Waals surface area contributed by atoms with Crippen molar-refractivity contribution in [1.29, 1.82) is 0 Å². The van der Waals surface area contributed by atoms with Gasteiger partial charge in [0.25, 0.3) is 11.8 Å². The van der Waals surface area contributed by atoms with Crippen molar-refractivity contribution in [2.24, 2.45) is 0 Å². The van der Waals surface area contributed by atoms with Gasteiger partial charge in [0.1, 0.15) is 12.2 Å². The molecule has 1 N–H and O–H groups in total. The average Bonchev–Trinajstić information content (AvgIpc) is 2.84. The Morgan fingerprint density at radius 1 is 1.00 bits per heavy atom. The number of rotatable bonds is 6. The topological polar surface area (TPSA) is 84.9 Å². The Morgan fingerprint density at radius 2 is 1.74 bits per heavy atom. The van der Waals surface area contributed by atoms with Crippen molar-refractivity contribution in [3.05, 3.63) is 92.1 Å². The van der Waals surface area contributed by atoms with Gasteiger partial charge in [-0.3, -0.25) is 14.9 Å². The van der Waals surface area contributed by atoms with Crippen molar-refractivity contribution in [2.75, 3.05) is 12.0 Å². The van der Waals surface area contributed by atoms with Crippen LogP contribution in [0.25, 0.3) is 6.08 Å². The quantitative estimate of drug-likeness (QED) is 0.247. The lowest BCUT2D eigenvalue weighted by atomic mass is 10.0. The van der Waals surface area contributed by atoms with Gasteiger partial charge < -0.3 is 9.47 Å². The SMILES string of the molecule is COc1cc(/C=C2\C(=O)NC(=O)N(c3cccc(C)c3C)C2=O)cc(I)c1OCc1ccccc1. The van der Waals surface area contributed by atoms with Crippen LogP contribution in [0, 0.1) is 17.4 Å². The molecule has 1 heterocycles. The molecule has 0 radical (unpaired) electrons. The normalized spacial score (nSPS) is 14.8. The Balaban J connectivity index is 1.67. The third kappa shape index (κ3) is 5.07. The second-order valence-corrected chi connectivity index (χ2v) is 9.15. The van der Waals surface area contributed by atoms with E-state index < -0.39 is 17.8 Å². The van der Waals surface area contributed by atoms with Crippen molar-refractivity contribution >= 4 is 52.2 Å². The van der Waals surface area contributed by atoms with Crippen LogP contribution in [0.1, 0.15) is 22.3 Å². The first-order valence-electron chi connectivity index (χ1n) is 10.8. The summed E-state index contributed by atoms with van der Waals surface area (Å²) >= 11 is 2.12. The molecule has 0 spiro atoms. The second-order valence-electron chi connectivity index (χ2n) is 7.99. The van der Waals surface area contributed by atoms with Crippen molar-refractivity contribution in [3.63, 3.8) is 0 Å². The number of ether oxygens (including phenoxy) is 2. The van der Waals surface area contributed by atoms with Crippen LogP contribution in [-0.2, 0) is 16.2 Å². The number of methoxy groups -OCH3 is 1. The number of imide groups is 2. The monoisotopic (exact) mass is 582 g/mol. The minimum absolute atomic E-state index is 0.152. The zero-order chi connectivity index (χ0) is 25.1. The van der Waals surface area contributed by atoms with E-state index in [9.17, 15) is 14.4 Å². The summed E-state index contributed by atoms with van der Waals surface area (Å²) in [5.41, 5.74) is 3.56. The number of anilines is 1. The molecule has 0 aromatic heterocycles. The zero-order valence-electron chi connectivity index (χ0n) is 19.4. The summed E-state index contributed by atoms with van der Waals surface area (Å²) in [5.74, 6) is -0.415. The molecule has 0 saturated carbocycles. The Morgan fingerprint density at radius 3 is 2.46 bits per heavy atom. The number of halogens is 1. The van der Waals surface area contributed by atoms with E-state index in [1.165, 1.54) is 13.2 Å². The first kappa shape index (κ1) is 24.5. The molecule has 3 aromatic rings. The van der Waals surface area contributed by atoms with E-state index in [0.29, 0.717) is 29.4 Å². The van der Waals surface area contributed by atoms with Crippen molar-refractivity contribution in [1.82, 2.24) is 5.32 Å². The maximum atomic E-state index is 13.3. The number of nitrogens with zero attached hydrogens (tertiary/aromatic N) is 1. The van der Waals surface area contributed by atoms with Crippen LogP contribution < -0.4 is 19.7 Å². The van der Waals surface area contributed by atoms with Gasteiger partial charge in [-0.2, -0.15) is 0 Å². The van der Waals surface area contributed by atoms with E-state index in [0.717, 1.165) is 25.2 Å². The third-order valence-electron chi connectivity index (χ3n) is 5.71. The summed E-state index contributed by atoms with van der Waals surface area (Å²) < 4.78 is 12.3. The number of aryl methyl sites for hydroxylation is 1. The van der Waals surface area contributed by atoms with Crippen LogP contribution >= 0.6 is 22.6 Å². The predicted molar refractivity (Wildman–Crippen MR) is 141 cm³/mol. The smallest absolute Gasteiger partial charge is 0.335 e. The molecule has 1 saturated heterocycles. The van der Waals surface area contributed by atoms with Gasteiger partial charge in [-0.25, -0.2) is 9.69 Å². The van der Waals surface area contributed by atoms with Crippen LogP contribution in [0.3, 0.4) is 0 Å². The van der Waals surface area contributed by atoms with Crippen molar-refractivity contribution < 1.29 is 23.9 Å². The van der Waals surface area contributed by atoms with Crippen molar-refractivity contribution in [3.8, 4) is 11.5 Å². The zero-order valence-corrected chi connectivity index (χ0v) is 21.6. The van der Waals surface area contributed by atoms with E-state index in [4.69, 9.17) is 9.47 Å². The first-order valence-corrected chi connectivity index (χ1v) is 11.9. The minimum Gasteiger partial charge on any atom is -0.493 e. The molecule has 1 fully saturated rings. The molecule has 4 rings (SSSR count). The van der Waals surface area contributed by atoms with Crippen LogP contribution in [0.4, 0.5) is 10.5 Å². The molecule has 178 valence electrons. The molecule has 0 bridgehead atoms. The second kappa shape index (κ2) is 10.3. The molecular formula is C27H23IN2O5. The molecule has 1 aliphatic heterocycles. The molecule has 0 aliphatic carbocycles. The Kier molecular flexibility index (Phi) is 7.20. The number of urea groups is 1. The van der Waals surface area contributed by atoms with Gasteiger partial charge in [-0.15, -0.1) is 0 Å². The van der Waals surface area contributed by atoms with E-state index in [1.807, 2.05) is 50.2 Å². The maximum absolute atomic E-state index is 13.3. The molecule has 7 nitrogen and oxygen atoms in total. The van der Waals surface area contributed by atoms with Gasteiger partial charge in [0.2, 0.25) is 0 Å². The summed E-state index contributed by atoms with van der Waals surface area (Å²) in [7, 11) is 1.52. The molecule has 0 atom stereocenters. The largest absolute Gasteiger partial charge is 0.493 e.